The number of likely N-dealkylation sites (tertiary alicyclic amines) is 1. The van der Waals surface area contributed by atoms with Gasteiger partial charge < -0.3 is 15.3 Å². The monoisotopic (exact) mass is 294 g/mol. The van der Waals surface area contributed by atoms with Crippen molar-refractivity contribution in [3.8, 4) is 0 Å². The smallest absolute Gasteiger partial charge is 0.317 e. The van der Waals surface area contributed by atoms with Crippen LogP contribution in [-0.2, 0) is 4.79 Å². The predicted octanol–water partition coefficient (Wildman–Crippen LogP) is 2.46. The van der Waals surface area contributed by atoms with E-state index < -0.39 is 11.9 Å². The standard InChI is InChI=1S/C16H26N2O3/c19-15(20)13-5-2-8-18(10-13)16(21)17-14-7-6-11-3-1-4-12(11)9-14/h11-14H,1-10H2,(H,17,21)(H,19,20). The van der Waals surface area contributed by atoms with Crippen molar-refractivity contribution >= 4 is 12.0 Å². The van der Waals surface area contributed by atoms with E-state index in [0.717, 1.165) is 31.1 Å². The largest absolute Gasteiger partial charge is 0.481 e. The number of piperidine rings is 1. The summed E-state index contributed by atoms with van der Waals surface area (Å²) in [5.41, 5.74) is 0. The highest BCUT2D eigenvalue weighted by atomic mass is 16.4. The Kier molecular flexibility index (Phi) is 4.36. The number of aliphatic carboxylic acids is 1. The molecule has 0 spiro atoms. The van der Waals surface area contributed by atoms with Crippen LogP contribution in [-0.4, -0.2) is 41.1 Å². The summed E-state index contributed by atoms with van der Waals surface area (Å²) in [6.07, 6.45) is 8.97. The van der Waals surface area contributed by atoms with Crippen LogP contribution in [0.25, 0.3) is 0 Å². The van der Waals surface area contributed by atoms with Gasteiger partial charge in [-0.3, -0.25) is 4.79 Å². The number of nitrogens with one attached hydrogen (secondary N) is 1. The van der Waals surface area contributed by atoms with Crippen LogP contribution in [0.15, 0.2) is 0 Å². The van der Waals surface area contributed by atoms with E-state index in [1.54, 1.807) is 4.90 Å². The maximum atomic E-state index is 12.3. The van der Waals surface area contributed by atoms with Crippen molar-refractivity contribution in [3.63, 3.8) is 0 Å². The minimum absolute atomic E-state index is 0.0533. The lowest BCUT2D eigenvalue weighted by atomic mass is 9.79. The molecule has 1 saturated heterocycles. The minimum Gasteiger partial charge on any atom is -0.481 e. The summed E-state index contributed by atoms with van der Waals surface area (Å²) in [5, 5.41) is 12.3. The Balaban J connectivity index is 1.50. The summed E-state index contributed by atoms with van der Waals surface area (Å²) >= 11 is 0. The average molecular weight is 294 g/mol. The van der Waals surface area contributed by atoms with E-state index in [2.05, 4.69) is 5.32 Å². The maximum Gasteiger partial charge on any atom is 0.317 e. The van der Waals surface area contributed by atoms with Crippen molar-refractivity contribution in [1.82, 2.24) is 10.2 Å². The van der Waals surface area contributed by atoms with Crippen LogP contribution in [0, 0.1) is 17.8 Å². The first kappa shape index (κ1) is 14.7. The zero-order valence-corrected chi connectivity index (χ0v) is 12.6. The molecule has 3 rings (SSSR count). The van der Waals surface area contributed by atoms with E-state index in [4.69, 9.17) is 5.11 Å². The number of urea groups is 1. The lowest BCUT2D eigenvalue weighted by Crippen LogP contribution is -2.50. The first-order valence-corrected chi connectivity index (χ1v) is 8.41. The van der Waals surface area contributed by atoms with E-state index in [1.807, 2.05) is 0 Å². The van der Waals surface area contributed by atoms with Gasteiger partial charge in [0, 0.05) is 19.1 Å². The van der Waals surface area contributed by atoms with Crippen LogP contribution in [0.3, 0.4) is 0 Å². The van der Waals surface area contributed by atoms with Gasteiger partial charge in [0.05, 0.1) is 5.92 Å². The van der Waals surface area contributed by atoms with Gasteiger partial charge in [-0.25, -0.2) is 4.79 Å². The van der Waals surface area contributed by atoms with Gasteiger partial charge in [-0.15, -0.1) is 0 Å². The van der Waals surface area contributed by atoms with E-state index in [0.29, 0.717) is 25.6 Å². The third kappa shape index (κ3) is 3.33. The summed E-state index contributed by atoms with van der Waals surface area (Å²) in [7, 11) is 0. The molecule has 3 fully saturated rings. The molecule has 0 aromatic rings. The third-order valence-corrected chi connectivity index (χ3v) is 5.68. The number of rotatable bonds is 2. The van der Waals surface area contributed by atoms with Crippen molar-refractivity contribution in [1.29, 1.82) is 0 Å². The van der Waals surface area contributed by atoms with Gasteiger partial charge in [0.2, 0.25) is 0 Å². The molecule has 0 aromatic carbocycles. The number of carbonyl (C=O) groups excluding carboxylic acids is 1. The highest BCUT2D eigenvalue weighted by molar-refractivity contribution is 5.76. The van der Waals surface area contributed by atoms with Crippen molar-refractivity contribution in [2.24, 2.45) is 17.8 Å². The lowest BCUT2D eigenvalue weighted by Gasteiger charge is -2.36. The number of hydrogen-bond donors (Lipinski definition) is 2. The van der Waals surface area contributed by atoms with Gasteiger partial charge in [0.15, 0.2) is 0 Å². The normalized spacial score (nSPS) is 36.1. The fourth-order valence-corrected chi connectivity index (χ4v) is 4.46. The second kappa shape index (κ2) is 6.24. The summed E-state index contributed by atoms with van der Waals surface area (Å²) in [4.78, 5) is 25.1. The number of fused-ring (bicyclic) bond motifs is 1. The Bertz CT molecular complexity index is 412. The van der Waals surface area contributed by atoms with Crippen LogP contribution in [0.4, 0.5) is 4.79 Å². The maximum absolute atomic E-state index is 12.3. The zero-order chi connectivity index (χ0) is 14.8. The molecule has 5 nitrogen and oxygen atoms in total. The number of amides is 2. The molecule has 3 aliphatic rings. The number of nitrogens with zero attached hydrogens (tertiary/aromatic N) is 1. The van der Waals surface area contributed by atoms with Crippen LogP contribution in [0.1, 0.15) is 51.4 Å². The summed E-state index contributed by atoms with van der Waals surface area (Å²) in [5.74, 6) is 0.524. The number of carboxylic acid groups (broad SMARTS) is 1. The van der Waals surface area contributed by atoms with E-state index in [1.165, 1.54) is 25.7 Å². The molecule has 5 heteroatoms. The zero-order valence-electron chi connectivity index (χ0n) is 12.6. The van der Waals surface area contributed by atoms with Crippen LogP contribution in [0.5, 0.6) is 0 Å². The Hall–Kier alpha value is -1.26. The average Bonchev–Trinajstić information content (AvgIpc) is 2.95. The summed E-state index contributed by atoms with van der Waals surface area (Å²) in [6, 6.07) is 0.240. The molecule has 1 heterocycles. The molecule has 2 aliphatic carbocycles. The minimum atomic E-state index is -0.779. The number of hydrogen-bond acceptors (Lipinski definition) is 2. The molecule has 118 valence electrons. The molecule has 2 amide bonds. The molecule has 2 saturated carbocycles. The molecule has 0 aromatic heterocycles. The van der Waals surface area contributed by atoms with Crippen molar-refractivity contribution in [2.75, 3.05) is 13.1 Å². The van der Waals surface area contributed by atoms with E-state index in [-0.39, 0.29) is 6.03 Å². The van der Waals surface area contributed by atoms with Crippen LogP contribution < -0.4 is 5.32 Å². The topological polar surface area (TPSA) is 69.6 Å². The summed E-state index contributed by atoms with van der Waals surface area (Å²) < 4.78 is 0. The van der Waals surface area contributed by atoms with Gasteiger partial charge in [0.1, 0.15) is 0 Å². The highest BCUT2D eigenvalue weighted by Crippen LogP contribution is 2.42. The first-order valence-electron chi connectivity index (χ1n) is 8.41. The summed E-state index contributed by atoms with van der Waals surface area (Å²) in [6.45, 7) is 1.05. The van der Waals surface area contributed by atoms with Crippen molar-refractivity contribution < 1.29 is 14.7 Å². The fraction of sp³-hybridized carbons (Fsp3) is 0.875. The quantitative estimate of drug-likeness (QED) is 0.822. The molecular weight excluding hydrogens is 268 g/mol. The Morgan fingerprint density at radius 2 is 1.81 bits per heavy atom. The first-order chi connectivity index (χ1) is 10.1. The van der Waals surface area contributed by atoms with Gasteiger partial charge in [-0.1, -0.05) is 19.3 Å². The Morgan fingerprint density at radius 3 is 2.62 bits per heavy atom. The number of carbonyl (C=O) groups is 2. The van der Waals surface area contributed by atoms with Gasteiger partial charge in [-0.2, -0.15) is 0 Å². The molecule has 2 N–H and O–H groups in total. The third-order valence-electron chi connectivity index (χ3n) is 5.68. The van der Waals surface area contributed by atoms with Crippen LogP contribution >= 0.6 is 0 Å². The highest BCUT2D eigenvalue weighted by Gasteiger charge is 2.35. The Labute approximate surface area is 126 Å². The van der Waals surface area contributed by atoms with Crippen LogP contribution in [0.2, 0.25) is 0 Å². The van der Waals surface area contributed by atoms with Gasteiger partial charge in [0.25, 0.3) is 0 Å². The van der Waals surface area contributed by atoms with Gasteiger partial charge in [-0.05, 0) is 43.9 Å². The molecule has 1 aliphatic heterocycles. The fourth-order valence-electron chi connectivity index (χ4n) is 4.46. The molecule has 4 unspecified atom stereocenters. The van der Waals surface area contributed by atoms with Crippen molar-refractivity contribution in [3.05, 3.63) is 0 Å². The molecule has 0 radical (unpaired) electrons. The SMILES string of the molecule is O=C(O)C1CCCN(C(=O)NC2CCC3CCCC3C2)C1. The molecule has 0 bridgehead atoms. The van der Waals surface area contributed by atoms with Gasteiger partial charge >= 0.3 is 12.0 Å². The second-order valence-corrected chi connectivity index (χ2v) is 7.03. The number of carboxylic acids is 1. The molecular formula is C16H26N2O3. The lowest BCUT2D eigenvalue weighted by molar-refractivity contribution is -0.143. The van der Waals surface area contributed by atoms with Crippen molar-refractivity contribution in [2.45, 2.75) is 57.4 Å². The molecule has 4 atom stereocenters. The molecule has 21 heavy (non-hydrogen) atoms. The second-order valence-electron chi connectivity index (χ2n) is 7.03. The Morgan fingerprint density at radius 1 is 1.00 bits per heavy atom. The van der Waals surface area contributed by atoms with E-state index >= 15 is 0 Å². The predicted molar refractivity (Wildman–Crippen MR) is 78.9 cm³/mol. The van der Waals surface area contributed by atoms with E-state index in [9.17, 15) is 9.59 Å².